The third kappa shape index (κ3) is 29.7. The van der Waals surface area contributed by atoms with Crippen molar-refractivity contribution < 1.29 is 58.7 Å². The molecule has 0 bridgehead atoms. The number of aromatic hydroxyl groups is 2. The van der Waals surface area contributed by atoms with Crippen molar-refractivity contribution >= 4 is 99.6 Å². The third-order valence-electron chi connectivity index (χ3n) is 5.91. The Kier molecular flexibility index (Phi) is 30.9. The lowest BCUT2D eigenvalue weighted by Crippen LogP contribution is -2.06. The molecule has 2 amide bonds. The average molecular weight is 887 g/mol. The number of phenolic OH excluding ortho intramolecular Hbond substituents is 2. The van der Waals surface area contributed by atoms with Crippen LogP contribution in [0.4, 0.5) is 22.7 Å². The van der Waals surface area contributed by atoms with Gasteiger partial charge >= 0.3 is 23.3 Å². The Hall–Kier alpha value is -5.54. The van der Waals surface area contributed by atoms with Crippen LogP contribution in [0.2, 0.25) is 0 Å². The summed E-state index contributed by atoms with van der Waals surface area (Å²) in [4.78, 5) is 62.8. The molecule has 316 valence electrons. The van der Waals surface area contributed by atoms with Crippen molar-refractivity contribution in [3.63, 3.8) is 0 Å². The number of nitrogens with one attached hydrogen (secondary N) is 2. The lowest BCUT2D eigenvalue weighted by atomic mass is 10.1. The third-order valence-corrected chi connectivity index (χ3v) is 5.91. The highest BCUT2D eigenvalue weighted by Crippen LogP contribution is 2.22. The Labute approximate surface area is 353 Å². The minimum Gasteiger partial charge on any atom is -0.507 e. The second-order valence-corrected chi connectivity index (χ2v) is 17.3. The van der Waals surface area contributed by atoms with Crippen LogP contribution in [-0.4, -0.2) is 71.1 Å². The van der Waals surface area contributed by atoms with Crippen molar-refractivity contribution in [3.8, 4) is 23.0 Å². The van der Waals surface area contributed by atoms with Crippen molar-refractivity contribution in [2.24, 2.45) is 0 Å². The van der Waals surface area contributed by atoms with Crippen molar-refractivity contribution in [1.82, 2.24) is 0 Å². The van der Waals surface area contributed by atoms with Gasteiger partial charge in [-0.2, -0.15) is 0 Å². The van der Waals surface area contributed by atoms with E-state index in [0.717, 1.165) is 22.9 Å². The maximum absolute atomic E-state index is 11.0. The zero-order chi connectivity index (χ0) is 44.2. The van der Waals surface area contributed by atoms with Crippen molar-refractivity contribution in [1.29, 1.82) is 0 Å². The summed E-state index contributed by atoms with van der Waals surface area (Å²) < 4.78 is 13.8. The molecule has 0 aliphatic rings. The number of ketones is 2. The van der Waals surface area contributed by atoms with Gasteiger partial charge in [0.1, 0.15) is 23.0 Å². The summed E-state index contributed by atoms with van der Waals surface area (Å²) in [5.74, 6) is -0.318. The molecule has 0 heterocycles. The van der Waals surface area contributed by atoms with Crippen LogP contribution >= 0.6 is 30.1 Å². The Morgan fingerprint density at radius 3 is 1.21 bits per heavy atom. The largest absolute Gasteiger partial charge is 0.643 e. The number of halogens is 3. The summed E-state index contributed by atoms with van der Waals surface area (Å²) >= 11 is -1.72. The molecule has 0 saturated carbocycles. The molecule has 16 nitrogen and oxygen atoms in total. The Bertz CT molecular complexity index is 1890. The van der Waals surface area contributed by atoms with Crippen LogP contribution in [0, 0.1) is 0 Å². The summed E-state index contributed by atoms with van der Waals surface area (Å²) in [6, 6.07) is 23.2. The molecule has 0 fully saturated rings. The highest BCUT2D eigenvalue weighted by atomic mass is 35.8. The maximum Gasteiger partial charge on any atom is 0.643 e. The van der Waals surface area contributed by atoms with E-state index in [1.165, 1.54) is 71.9 Å². The van der Waals surface area contributed by atoms with E-state index in [1.54, 1.807) is 56.7 Å². The maximum atomic E-state index is 11.0. The number of esters is 2. The second-order valence-electron chi connectivity index (χ2n) is 10.8. The fourth-order valence-corrected chi connectivity index (χ4v) is 3.62. The number of nitrogens with two attached hydrogens (primary N) is 2. The van der Waals surface area contributed by atoms with Gasteiger partial charge in [-0.15, -0.1) is 0 Å². The molecule has 4 aromatic carbocycles. The van der Waals surface area contributed by atoms with Gasteiger partial charge in [0.05, 0.1) is 25.3 Å². The number of ether oxygens (including phenoxy) is 3. The number of amides is 2. The molecule has 58 heavy (non-hydrogen) atoms. The van der Waals surface area contributed by atoms with Crippen LogP contribution in [0.3, 0.4) is 0 Å². The number of hydrogen-bond donors (Lipinski definition) is 6. The topological polar surface area (TPSA) is 280 Å². The van der Waals surface area contributed by atoms with E-state index in [4.69, 9.17) is 56.2 Å². The van der Waals surface area contributed by atoms with Gasteiger partial charge in [-0.05, 0) is 98.8 Å². The van der Waals surface area contributed by atoms with Gasteiger partial charge < -0.3 is 52.0 Å². The molecule has 0 unspecified atom stereocenters. The number of hydrogen-bond acceptors (Lipinski definition) is 13. The summed E-state index contributed by atoms with van der Waals surface area (Å²) in [7, 11) is 18.1. The zero-order valence-corrected chi connectivity index (χ0v) is 36.5. The molecule has 0 saturated heterocycles. The number of Topliss-reactive ketones (excluding diaryl/α,β-unsaturated/α-hetero) is 2. The Morgan fingerprint density at radius 1 is 0.552 bits per heavy atom. The number of methoxy groups -OCH3 is 2. The molecule has 0 atom stereocenters. The predicted octanol–water partition coefficient (Wildman–Crippen LogP) is 6.52. The van der Waals surface area contributed by atoms with E-state index in [0.29, 0.717) is 11.4 Å². The van der Waals surface area contributed by atoms with Gasteiger partial charge in [0.25, 0.3) is 0 Å². The van der Waals surface area contributed by atoms with Crippen LogP contribution in [0.25, 0.3) is 0 Å². The van der Waals surface area contributed by atoms with Gasteiger partial charge in [-0.3, -0.25) is 28.8 Å². The van der Waals surface area contributed by atoms with Gasteiger partial charge in [0.2, 0.25) is 11.8 Å². The van der Waals surface area contributed by atoms with Crippen LogP contribution in [0.5, 0.6) is 23.0 Å². The number of benzene rings is 4. The first-order chi connectivity index (χ1) is 26.5. The lowest BCUT2D eigenvalue weighted by molar-refractivity contribution is -0.156. The summed E-state index contributed by atoms with van der Waals surface area (Å²) in [6.45, 7) is 7.95. The Balaban J connectivity index is -0.000000643. The Morgan fingerprint density at radius 2 is 0.879 bits per heavy atom. The lowest BCUT2D eigenvalue weighted by Gasteiger charge is -2.05. The molecule has 0 radical (unpaired) electrons. The molecule has 0 aliphatic carbocycles. The highest BCUT2D eigenvalue weighted by molar-refractivity contribution is 7.54. The van der Waals surface area contributed by atoms with Gasteiger partial charge in [-0.1, -0.05) is 0 Å². The average Bonchev–Trinajstić information content (AvgIpc) is 3.10. The monoisotopic (exact) mass is 885 g/mol. The van der Waals surface area contributed by atoms with E-state index in [2.05, 4.69) is 15.4 Å². The van der Waals surface area contributed by atoms with Gasteiger partial charge in [0, 0.05) is 50.4 Å². The zero-order valence-electron chi connectivity index (χ0n) is 33.1. The summed E-state index contributed by atoms with van der Waals surface area (Å²) in [6.07, 6.45) is 0. The number of carbonyl (C=O) groups is 6. The first-order valence-electron chi connectivity index (χ1n) is 16.2. The highest BCUT2D eigenvalue weighted by Gasteiger charge is 2.08. The first kappa shape index (κ1) is 56.8. The molecule has 11 N–H and O–H groups in total. The van der Waals surface area contributed by atoms with E-state index < -0.39 is 23.3 Å². The molecule has 4 rings (SSSR count). The number of nitrogen functional groups attached to an aromatic ring is 2. The van der Waals surface area contributed by atoms with Crippen LogP contribution in [-0.2, 0) is 29.4 Å². The van der Waals surface area contributed by atoms with Crippen molar-refractivity contribution in [2.45, 2.75) is 41.5 Å². The van der Waals surface area contributed by atoms with Crippen molar-refractivity contribution in [2.75, 3.05) is 36.3 Å². The first-order valence-corrected chi connectivity index (χ1v) is 21.4. The quantitative estimate of drug-likeness (QED) is 0.0229. The molecule has 0 aromatic heterocycles. The van der Waals surface area contributed by atoms with Crippen LogP contribution in [0.1, 0.15) is 62.3 Å². The molecule has 4 aromatic rings. The SMILES string of the molecule is CC(=O)Nc1ccc(O)c(C(C)=O)c1.CC(=O)OC(C)=O.CC(=O)c1cc(N)ccc1O.COc1ccc(N)cc1.COc1ccc(NC(C)=O)cc1.[Cl][Al]([Cl])[Cl].[OH3+]. The predicted molar refractivity (Wildman–Crippen MR) is 230 cm³/mol. The molecule has 0 aliphatic heterocycles. The second kappa shape index (κ2) is 31.5. The normalized spacial score (nSPS) is 8.81. The number of phenols is 2. The summed E-state index contributed by atoms with van der Waals surface area (Å²) in [5, 5.41) is 23.6. The van der Waals surface area contributed by atoms with Crippen LogP contribution < -0.4 is 31.6 Å². The van der Waals surface area contributed by atoms with Gasteiger partial charge in [-0.25, -0.2) is 30.1 Å². The van der Waals surface area contributed by atoms with E-state index in [-0.39, 0.29) is 51.5 Å². The number of rotatable bonds is 6. The minimum absolute atomic E-state index is 0. The molecule has 0 spiro atoms. The van der Waals surface area contributed by atoms with E-state index >= 15 is 0 Å². The van der Waals surface area contributed by atoms with Gasteiger partial charge in [0.15, 0.2) is 11.6 Å². The molecular formula is C38H49AlCl3N4O12+. The number of anilines is 4. The van der Waals surface area contributed by atoms with E-state index in [1.807, 2.05) is 12.1 Å². The summed E-state index contributed by atoms with van der Waals surface area (Å²) in [5.41, 5.74) is 13.8. The fraction of sp³-hybridized carbons (Fsp3) is 0.211. The van der Waals surface area contributed by atoms with E-state index in [9.17, 15) is 33.9 Å². The van der Waals surface area contributed by atoms with Crippen molar-refractivity contribution in [3.05, 3.63) is 96.1 Å². The smallest absolute Gasteiger partial charge is 0.507 e. The van der Waals surface area contributed by atoms with Crippen LogP contribution in [0.15, 0.2) is 84.9 Å². The molecular weight excluding hydrogens is 838 g/mol. The standard InChI is InChI=1S/C10H11NO3.C9H11NO2.C8H9NO2.C7H9NO.C4H6O3.Al.3ClH.H2O/c1-6(12)9-5-8(11-7(2)13)3-4-10(9)14;1-7(11)10-8-3-5-9(12-2)6-4-8;1-5(10)7-4-6(9)2-3-8(7)11;1-9-7-4-2-6(8)3-5-7;1-3(5)7-4(2)6;;;;;/h3-5,14H,1-2H3,(H,11,13);3-6H,1-2H3,(H,10,11);2-4,11H,9H2,1H3;2-5H,8H2,1H3;1-2H3;;3*1H;1H2/q;;;;;+3;;;;/p-2. The minimum atomic E-state index is -1.72. The fourth-order valence-electron chi connectivity index (χ4n) is 3.62. The molecule has 20 heteroatoms. The number of carbonyl (C=O) groups excluding carboxylic acids is 6.